The monoisotopic (exact) mass is 1620 g/mol. The maximum atomic E-state index is 10.1. The Balaban J connectivity index is 0.000000221. The van der Waals surface area contributed by atoms with E-state index < -0.39 is 5.60 Å². The zero-order valence-electron chi connectivity index (χ0n) is 60.0. The van der Waals surface area contributed by atoms with Gasteiger partial charge in [0.25, 0.3) is 0 Å². The largest absolute Gasteiger partial charge is 1.00 e. The Labute approximate surface area is 607 Å². The number of hydrogen-bond acceptors (Lipinski definition) is 3. The van der Waals surface area contributed by atoms with Gasteiger partial charge in [0.05, 0.1) is 0 Å². The van der Waals surface area contributed by atoms with Gasteiger partial charge in [-0.05, 0) is 120 Å². The van der Waals surface area contributed by atoms with Crippen molar-refractivity contribution in [3.05, 3.63) is 169 Å². The van der Waals surface area contributed by atoms with Crippen molar-refractivity contribution in [2.45, 2.75) is 237 Å². The Morgan fingerprint density at radius 2 is 0.769 bits per heavy atom. The molecular weight excluding hydrogens is 1510 g/mol. The quantitative estimate of drug-likeness (QED) is 0.122. The zero-order chi connectivity index (χ0) is 65.6. The van der Waals surface area contributed by atoms with Gasteiger partial charge in [-0.3, -0.25) is 0 Å². The van der Waals surface area contributed by atoms with Crippen LogP contribution in [0, 0.1) is 59.4 Å². The molecule has 1 radical (unpaired) electrons. The third-order valence-electron chi connectivity index (χ3n) is 20.0. The normalized spacial score (nSPS) is 22.5. The van der Waals surface area contributed by atoms with E-state index in [1.165, 1.54) is 118 Å². The molecule has 8 aromatic rings. The Hall–Kier alpha value is -2.75. The van der Waals surface area contributed by atoms with Crippen LogP contribution in [0.4, 0.5) is 11.4 Å². The molecule has 1 N–H and O–H groups in total. The summed E-state index contributed by atoms with van der Waals surface area (Å²) in [5.74, 6) is 6.97. The van der Waals surface area contributed by atoms with Crippen LogP contribution in [-0.2, 0) is 42.4 Å². The molecule has 2 aliphatic heterocycles. The molecule has 4 aliphatic rings. The fourth-order valence-corrected chi connectivity index (χ4v) is 16.6. The van der Waals surface area contributed by atoms with E-state index in [1.54, 1.807) is 40.8 Å². The van der Waals surface area contributed by atoms with Gasteiger partial charge in [-0.1, -0.05) is 302 Å². The average Bonchev–Trinajstić information content (AvgIpc) is 1.60. The molecule has 2 unspecified atom stereocenters. The molecule has 2 aromatic heterocycles. The molecule has 2 saturated heterocycles. The van der Waals surface area contributed by atoms with E-state index >= 15 is 0 Å². The first-order valence-electron chi connectivity index (χ1n) is 34.1. The van der Waals surface area contributed by atoms with Crippen molar-refractivity contribution in [1.82, 2.24) is 9.97 Å². The predicted octanol–water partition coefficient (Wildman–Crippen LogP) is 20.4. The standard InChI is InChI=1S/2C27H44N.C12H9N.C12H8N.C4H9O.2Au.ClH.Na/c2*1-18(2)22-11-10-12-23(19(3)4)25(22)28-17-27(16-26(28,8)9)15-21(7)13-14-24(27)20(5)6;2*1-3-7-11-9(5-1)10-6-2-4-8-12(10)13-11;1-4(2,3)5;;;;/h2*10-12,17-21,24H,13-16H2,1-9H3;1-8,13H;1-8H;1-3H3;;;1H;/q2*-1;;2*-1;;+1;;+1/p-1/t2*21?,24-,27-;;;;;;;/m00......./s1. The van der Waals surface area contributed by atoms with E-state index in [2.05, 4.69) is 288 Å². The molecule has 0 amide bonds. The molecule has 4 heterocycles. The van der Waals surface area contributed by atoms with Crippen LogP contribution in [0.3, 0.4) is 0 Å². The number of anilines is 2. The topological polar surface area (TPSA) is 59.4 Å². The van der Waals surface area contributed by atoms with Crippen molar-refractivity contribution in [1.29, 1.82) is 0 Å². The van der Waals surface area contributed by atoms with Crippen LogP contribution in [0.15, 0.2) is 133 Å². The van der Waals surface area contributed by atoms with Crippen LogP contribution in [0.5, 0.6) is 0 Å². The second-order valence-corrected chi connectivity index (χ2v) is 31.6. The van der Waals surface area contributed by atoms with E-state index in [0.717, 1.165) is 46.5 Å². The second-order valence-electron chi connectivity index (χ2n) is 31.6. The first-order valence-corrected chi connectivity index (χ1v) is 36.8. The van der Waals surface area contributed by atoms with Gasteiger partial charge < -0.3 is 24.9 Å². The van der Waals surface area contributed by atoms with E-state index in [0.29, 0.717) is 34.5 Å². The van der Waals surface area contributed by atoms with Crippen LogP contribution in [0.2, 0.25) is 0 Å². The number of para-hydroxylation sites is 6. The van der Waals surface area contributed by atoms with Crippen LogP contribution in [0.1, 0.15) is 243 Å². The van der Waals surface area contributed by atoms with Gasteiger partial charge in [0.1, 0.15) is 0 Å². The van der Waals surface area contributed by atoms with E-state index in [-0.39, 0.29) is 63.0 Å². The molecule has 6 atom stereocenters. The van der Waals surface area contributed by atoms with Crippen LogP contribution >= 0.6 is 9.19 Å². The van der Waals surface area contributed by atoms with Gasteiger partial charge in [0.2, 0.25) is 0 Å². The molecule has 6 aromatic carbocycles. The van der Waals surface area contributed by atoms with Crippen molar-refractivity contribution in [3.8, 4) is 0 Å². The van der Waals surface area contributed by atoms with Gasteiger partial charge in [0.15, 0.2) is 0 Å². The summed E-state index contributed by atoms with van der Waals surface area (Å²) in [6.07, 6.45) is 10.9. The zero-order valence-corrected chi connectivity index (χ0v) is 67.1. The van der Waals surface area contributed by atoms with Crippen molar-refractivity contribution >= 4 is 64.2 Å². The Bertz CT molecular complexity index is 3150. The molecule has 501 valence electrons. The molecule has 2 aliphatic carbocycles. The molecular formula is C82H114Au2ClN4NaO-3. The summed E-state index contributed by atoms with van der Waals surface area (Å²) in [5.41, 5.74) is 14.0. The van der Waals surface area contributed by atoms with Gasteiger partial charge in [-0.15, -0.1) is 27.5 Å². The number of aromatic nitrogens is 2. The number of nitrogens with one attached hydrogen (secondary N) is 1. The minimum Gasteiger partial charge on any atom is -0.657 e. The molecule has 9 heteroatoms. The number of aromatic amines is 1. The predicted molar refractivity (Wildman–Crippen MR) is 384 cm³/mol. The molecule has 0 bridgehead atoms. The van der Waals surface area contributed by atoms with Crippen LogP contribution < -0.4 is 49.4 Å². The SMILES string of the molecule is CC(C)(C)[O-].CC1CC[C@@H](C(C)C)[C@@]2([CH-]N(c3c(C(C)C)cccc3C(C)C)C(C)(C)C2)C1.CC1CC[C@@H](C(C)C)[C@@]2([CH-]N(c3c(C(C)C)cccc3C(C)C)C(C)(C)C2)C1.[Au].[Cl][Au].[Na+].c1ccc2c(c1)[n-]c1ccccc12.c1ccc2c(c1)[nH]c1ccccc12. The minimum atomic E-state index is -0.750. The summed E-state index contributed by atoms with van der Waals surface area (Å²) < 4.78 is 0. The molecule has 2 spiro atoms. The van der Waals surface area contributed by atoms with Gasteiger partial charge in [-0.2, -0.15) is 0 Å². The minimum absolute atomic E-state index is 0. The molecule has 5 nitrogen and oxygen atoms in total. The van der Waals surface area contributed by atoms with E-state index in [4.69, 9.17) is 0 Å². The van der Waals surface area contributed by atoms with E-state index in [1.807, 2.05) is 12.1 Å². The molecule has 12 rings (SSSR count). The maximum absolute atomic E-state index is 10.1. The summed E-state index contributed by atoms with van der Waals surface area (Å²) in [7, 11) is 4.58. The number of benzene rings is 6. The maximum Gasteiger partial charge on any atom is 1.00 e. The van der Waals surface area contributed by atoms with Crippen molar-refractivity contribution in [2.75, 3.05) is 9.80 Å². The number of halogens is 1. The second kappa shape index (κ2) is 33.5. The first-order chi connectivity index (χ1) is 41.9. The summed E-state index contributed by atoms with van der Waals surface area (Å²) in [4.78, 5) is 13.3. The van der Waals surface area contributed by atoms with Crippen molar-refractivity contribution in [2.24, 2.45) is 46.3 Å². The number of nitrogens with zero attached hydrogens (tertiary/aromatic N) is 3. The van der Waals surface area contributed by atoms with Gasteiger partial charge in [-0.25, -0.2) is 13.1 Å². The molecule has 2 saturated carbocycles. The van der Waals surface area contributed by atoms with Gasteiger partial charge >= 0.3 is 58.7 Å². The van der Waals surface area contributed by atoms with Crippen molar-refractivity contribution < 1.29 is 77.0 Å². The number of fused-ring (bicyclic) bond motifs is 6. The number of H-pyrrole nitrogens is 1. The van der Waals surface area contributed by atoms with E-state index in [9.17, 15) is 5.11 Å². The summed E-state index contributed by atoms with van der Waals surface area (Å²) in [5, 5.41) is 15.2. The fraction of sp³-hybridized carbons (Fsp3) is 0.537. The number of hydrogen-bond donors (Lipinski definition) is 1. The average molecular weight is 1620 g/mol. The summed E-state index contributed by atoms with van der Waals surface area (Å²) >= 11 is 1.75. The molecule has 91 heavy (non-hydrogen) atoms. The summed E-state index contributed by atoms with van der Waals surface area (Å²) in [6, 6.07) is 47.2. The van der Waals surface area contributed by atoms with Gasteiger partial charge in [0, 0.05) is 66.6 Å². The third kappa shape index (κ3) is 18.9. The molecule has 4 fully saturated rings. The fourth-order valence-electron chi connectivity index (χ4n) is 16.6. The van der Waals surface area contributed by atoms with Crippen molar-refractivity contribution in [3.63, 3.8) is 0 Å². The Morgan fingerprint density at radius 3 is 1.07 bits per heavy atom. The smallest absolute Gasteiger partial charge is 0.657 e. The van der Waals surface area contributed by atoms with Crippen LogP contribution in [0.25, 0.3) is 43.6 Å². The Morgan fingerprint density at radius 1 is 0.484 bits per heavy atom. The summed E-state index contributed by atoms with van der Waals surface area (Å²) in [6.45, 7) is 53.8. The van der Waals surface area contributed by atoms with Crippen LogP contribution in [-0.4, -0.2) is 21.7 Å². The Kier molecular flexibility index (Phi) is 29.0. The third-order valence-corrected chi connectivity index (χ3v) is 20.0. The number of rotatable bonds is 8. The first kappa shape index (κ1) is 78.9.